The van der Waals surface area contributed by atoms with Crippen LogP contribution in [0, 0.1) is 0 Å². The Kier molecular flexibility index (Phi) is 3.50. The number of hydrogen-bond donors (Lipinski definition) is 3. The average Bonchev–Trinajstić information content (AvgIpc) is 2.43. The maximum absolute atomic E-state index is 9.40. The van der Waals surface area contributed by atoms with Crippen LogP contribution in [0.3, 0.4) is 0 Å². The minimum absolute atomic E-state index is 0.0668. The van der Waals surface area contributed by atoms with Crippen molar-refractivity contribution in [3.63, 3.8) is 0 Å². The summed E-state index contributed by atoms with van der Waals surface area (Å²) in [6.45, 7) is 4.54. The summed E-state index contributed by atoms with van der Waals surface area (Å²) in [6, 6.07) is 0. The lowest BCUT2D eigenvalue weighted by Crippen LogP contribution is -2.04. The van der Waals surface area contributed by atoms with Gasteiger partial charge in [-0.15, -0.1) is 0 Å². The summed E-state index contributed by atoms with van der Waals surface area (Å²) in [5, 5.41) is 21.5. The fourth-order valence-electron chi connectivity index (χ4n) is 0.938. The highest BCUT2D eigenvalue weighted by atomic mass is 32.1. The number of nitrogens with one attached hydrogen (secondary N) is 1. The second-order valence-electron chi connectivity index (χ2n) is 3.01. The van der Waals surface area contributed by atoms with E-state index in [9.17, 15) is 5.11 Å². The fraction of sp³-hybridized carbons (Fsp3) is 0.625. The van der Waals surface area contributed by atoms with Gasteiger partial charge in [0.2, 0.25) is 5.88 Å². The molecule has 0 fully saturated rings. The van der Waals surface area contributed by atoms with Crippen molar-refractivity contribution in [2.75, 3.05) is 18.5 Å². The van der Waals surface area contributed by atoms with Gasteiger partial charge in [0.1, 0.15) is 0 Å². The third-order valence-electron chi connectivity index (χ3n) is 1.55. The van der Waals surface area contributed by atoms with Crippen LogP contribution in [0.25, 0.3) is 0 Å². The number of aromatic nitrogens is 1. The molecule has 0 atom stereocenters. The van der Waals surface area contributed by atoms with Crippen LogP contribution in [0.15, 0.2) is 0 Å². The summed E-state index contributed by atoms with van der Waals surface area (Å²) in [7, 11) is 0. The molecule has 0 aliphatic carbocycles. The van der Waals surface area contributed by atoms with Gasteiger partial charge in [0.15, 0.2) is 5.13 Å². The lowest BCUT2D eigenvalue weighted by atomic mass is 10.2. The van der Waals surface area contributed by atoms with Gasteiger partial charge in [0, 0.05) is 6.54 Å². The molecule has 0 unspecified atom stereocenters. The molecule has 13 heavy (non-hydrogen) atoms. The van der Waals surface area contributed by atoms with E-state index in [-0.39, 0.29) is 18.4 Å². The highest BCUT2D eigenvalue weighted by Crippen LogP contribution is 2.33. The summed E-state index contributed by atoms with van der Waals surface area (Å²) in [4.78, 5) is 4.80. The Balaban J connectivity index is 2.71. The molecular weight excluding hydrogens is 188 g/mol. The molecule has 3 N–H and O–H groups in total. The lowest BCUT2D eigenvalue weighted by molar-refractivity contribution is 0.311. The van der Waals surface area contributed by atoms with Gasteiger partial charge in [0.05, 0.1) is 11.5 Å². The van der Waals surface area contributed by atoms with Crippen molar-refractivity contribution in [1.82, 2.24) is 4.98 Å². The summed E-state index contributed by atoms with van der Waals surface area (Å²) < 4.78 is 0. The zero-order valence-corrected chi connectivity index (χ0v) is 8.56. The van der Waals surface area contributed by atoms with Crippen molar-refractivity contribution < 1.29 is 10.2 Å². The highest BCUT2D eigenvalue weighted by Gasteiger charge is 2.12. The zero-order chi connectivity index (χ0) is 9.84. The zero-order valence-electron chi connectivity index (χ0n) is 7.74. The Morgan fingerprint density at radius 1 is 1.54 bits per heavy atom. The van der Waals surface area contributed by atoms with Gasteiger partial charge in [-0.25, -0.2) is 0 Å². The molecule has 0 saturated carbocycles. The monoisotopic (exact) mass is 202 g/mol. The predicted molar refractivity (Wildman–Crippen MR) is 53.4 cm³/mol. The van der Waals surface area contributed by atoms with Crippen molar-refractivity contribution in [1.29, 1.82) is 0 Å². The summed E-state index contributed by atoms with van der Waals surface area (Å²) in [5.41, 5.74) is 0. The molecule has 0 aliphatic heterocycles. The number of aliphatic hydroxyl groups excluding tert-OH is 1. The van der Waals surface area contributed by atoms with Crippen LogP contribution in [-0.4, -0.2) is 28.3 Å². The van der Waals surface area contributed by atoms with Crippen molar-refractivity contribution in [3.05, 3.63) is 4.88 Å². The standard InChI is InChI=1S/C8H14N2O2S/c1-5(2)6-7(12)10-8(13-6)9-3-4-11/h5,11-12H,3-4H2,1-2H3,(H,9,10). The molecule has 1 aromatic heterocycles. The Bertz CT molecular complexity index is 273. The number of thiazole rings is 1. The normalized spacial score (nSPS) is 10.8. The summed E-state index contributed by atoms with van der Waals surface area (Å²) in [5.74, 6) is 0.377. The molecule has 1 rings (SSSR count). The largest absolute Gasteiger partial charge is 0.492 e. The van der Waals surface area contributed by atoms with E-state index < -0.39 is 0 Å². The van der Waals surface area contributed by atoms with E-state index >= 15 is 0 Å². The van der Waals surface area contributed by atoms with E-state index in [1.54, 1.807) is 0 Å². The molecule has 0 radical (unpaired) electrons. The van der Waals surface area contributed by atoms with Crippen LogP contribution in [0.5, 0.6) is 5.88 Å². The highest BCUT2D eigenvalue weighted by molar-refractivity contribution is 7.16. The van der Waals surface area contributed by atoms with Crippen LogP contribution in [0.1, 0.15) is 24.6 Å². The third-order valence-corrected chi connectivity index (χ3v) is 2.85. The van der Waals surface area contributed by atoms with Crippen LogP contribution in [0.4, 0.5) is 5.13 Å². The summed E-state index contributed by atoms with van der Waals surface area (Å²) in [6.07, 6.45) is 0. The average molecular weight is 202 g/mol. The van der Waals surface area contributed by atoms with Gasteiger partial charge in [-0.1, -0.05) is 25.2 Å². The van der Waals surface area contributed by atoms with E-state index in [4.69, 9.17) is 5.11 Å². The Hall–Kier alpha value is -0.810. The van der Waals surface area contributed by atoms with Crippen molar-refractivity contribution >= 4 is 16.5 Å². The molecular formula is C8H14N2O2S. The van der Waals surface area contributed by atoms with E-state index in [1.165, 1.54) is 11.3 Å². The second-order valence-corrected chi connectivity index (χ2v) is 4.04. The third kappa shape index (κ3) is 2.57. The van der Waals surface area contributed by atoms with Crippen LogP contribution >= 0.6 is 11.3 Å². The fourth-order valence-corrected chi connectivity index (χ4v) is 1.83. The quantitative estimate of drug-likeness (QED) is 0.690. The smallest absolute Gasteiger partial charge is 0.227 e. The van der Waals surface area contributed by atoms with Crippen molar-refractivity contribution in [3.8, 4) is 5.88 Å². The van der Waals surface area contributed by atoms with E-state index in [1.807, 2.05) is 13.8 Å². The van der Waals surface area contributed by atoms with Crippen LogP contribution < -0.4 is 5.32 Å². The topological polar surface area (TPSA) is 65.4 Å². The molecule has 0 saturated heterocycles. The molecule has 4 nitrogen and oxygen atoms in total. The number of aliphatic hydroxyl groups is 1. The van der Waals surface area contributed by atoms with Gasteiger partial charge in [0.25, 0.3) is 0 Å². The minimum Gasteiger partial charge on any atom is -0.492 e. The lowest BCUT2D eigenvalue weighted by Gasteiger charge is -1.98. The first kappa shape index (κ1) is 10.3. The molecule has 1 heterocycles. The molecule has 0 bridgehead atoms. The molecule has 5 heteroatoms. The number of anilines is 1. The first-order chi connectivity index (χ1) is 6.15. The van der Waals surface area contributed by atoms with Crippen molar-refractivity contribution in [2.24, 2.45) is 0 Å². The van der Waals surface area contributed by atoms with Gasteiger partial charge in [-0.2, -0.15) is 4.98 Å². The van der Waals surface area contributed by atoms with Crippen LogP contribution in [0.2, 0.25) is 0 Å². The predicted octanol–water partition coefficient (Wildman–Crippen LogP) is 1.38. The molecule has 74 valence electrons. The summed E-state index contributed by atoms with van der Waals surface area (Å²) >= 11 is 1.42. The molecule has 1 aromatic rings. The van der Waals surface area contributed by atoms with Gasteiger partial charge in [-0.3, -0.25) is 0 Å². The molecule has 0 aromatic carbocycles. The SMILES string of the molecule is CC(C)c1sc(NCCO)nc1O. The van der Waals surface area contributed by atoms with Crippen LogP contribution in [-0.2, 0) is 0 Å². The van der Waals surface area contributed by atoms with Gasteiger partial charge in [-0.05, 0) is 5.92 Å². The Labute approximate surface area is 81.3 Å². The maximum Gasteiger partial charge on any atom is 0.227 e. The number of aromatic hydroxyl groups is 1. The number of hydrogen-bond acceptors (Lipinski definition) is 5. The van der Waals surface area contributed by atoms with Gasteiger partial charge < -0.3 is 15.5 Å². The minimum atomic E-state index is 0.0668. The number of rotatable bonds is 4. The Morgan fingerprint density at radius 2 is 2.23 bits per heavy atom. The second kappa shape index (κ2) is 4.43. The first-order valence-corrected chi connectivity index (χ1v) is 5.01. The molecule has 0 amide bonds. The molecule has 0 spiro atoms. The van der Waals surface area contributed by atoms with E-state index in [0.29, 0.717) is 11.7 Å². The Morgan fingerprint density at radius 3 is 2.69 bits per heavy atom. The van der Waals surface area contributed by atoms with Gasteiger partial charge >= 0.3 is 0 Å². The van der Waals surface area contributed by atoms with Crippen molar-refractivity contribution in [2.45, 2.75) is 19.8 Å². The first-order valence-electron chi connectivity index (χ1n) is 4.19. The number of nitrogens with zero attached hydrogens (tertiary/aromatic N) is 1. The maximum atomic E-state index is 9.40. The van der Waals surface area contributed by atoms with E-state index in [2.05, 4.69) is 10.3 Å². The molecule has 0 aliphatic rings. The van der Waals surface area contributed by atoms with E-state index in [0.717, 1.165) is 4.88 Å².